The van der Waals surface area contributed by atoms with E-state index in [1.54, 1.807) is 60.7 Å². The number of hydrogen-bond acceptors (Lipinski definition) is 8. The number of sulfone groups is 1. The summed E-state index contributed by atoms with van der Waals surface area (Å²) in [6, 6.07) is 26.8. The number of non-ortho nitro benzene ring substituents is 2. The standard InChI is InChI=1S/C28H21N3O7S/c32-30(33)22-13-7-11-20(17-22)25-27(39(36,37)24-15-5-2-6-16-24)26(19-9-3-1-4-10-19)38-28(29-25)21-12-8-14-23(18-21)31(34)35/h1-18,25,28-29H. The molecule has 1 aliphatic heterocycles. The van der Waals surface area contributed by atoms with Crippen LogP contribution >= 0.6 is 0 Å². The van der Waals surface area contributed by atoms with Crippen LogP contribution in [0.3, 0.4) is 0 Å². The van der Waals surface area contributed by atoms with Crippen molar-refractivity contribution < 1.29 is 23.0 Å². The maximum atomic E-state index is 14.2. The molecule has 0 aromatic heterocycles. The van der Waals surface area contributed by atoms with Crippen molar-refractivity contribution in [2.45, 2.75) is 17.2 Å². The zero-order valence-electron chi connectivity index (χ0n) is 20.2. The summed E-state index contributed by atoms with van der Waals surface area (Å²) in [5.74, 6) is 0.0335. The van der Waals surface area contributed by atoms with Gasteiger partial charge in [-0.1, -0.05) is 72.8 Å². The maximum Gasteiger partial charge on any atom is 0.269 e. The van der Waals surface area contributed by atoms with Crippen molar-refractivity contribution in [2.75, 3.05) is 0 Å². The third-order valence-corrected chi connectivity index (χ3v) is 8.11. The lowest BCUT2D eigenvalue weighted by molar-refractivity contribution is -0.385. The molecule has 0 spiro atoms. The van der Waals surface area contributed by atoms with Gasteiger partial charge < -0.3 is 4.74 Å². The second-order valence-corrected chi connectivity index (χ2v) is 10.6. The molecule has 0 saturated carbocycles. The highest BCUT2D eigenvalue weighted by atomic mass is 32.2. The summed E-state index contributed by atoms with van der Waals surface area (Å²) in [6.45, 7) is 0. The second kappa shape index (κ2) is 10.5. The fourth-order valence-electron chi connectivity index (χ4n) is 4.40. The Morgan fingerprint density at radius 2 is 1.23 bits per heavy atom. The molecule has 0 radical (unpaired) electrons. The monoisotopic (exact) mass is 543 g/mol. The molecule has 4 aromatic rings. The van der Waals surface area contributed by atoms with Crippen LogP contribution < -0.4 is 5.32 Å². The normalized spacial score (nSPS) is 17.3. The number of nitro benzene ring substituents is 2. The quantitative estimate of drug-likeness (QED) is 0.231. The van der Waals surface area contributed by atoms with Crippen LogP contribution in [0.1, 0.15) is 29.0 Å². The summed E-state index contributed by atoms with van der Waals surface area (Å²) in [5.41, 5.74) is 0.762. The predicted molar refractivity (Wildman–Crippen MR) is 143 cm³/mol. The SMILES string of the molecule is O=[N+]([O-])c1cccc(C2NC(c3cccc([N+](=O)[O-])c3)C(S(=O)(=O)c3ccccc3)=C(c3ccccc3)O2)c1. The largest absolute Gasteiger partial charge is 0.469 e. The van der Waals surface area contributed by atoms with Crippen LogP contribution in [0, 0.1) is 20.2 Å². The van der Waals surface area contributed by atoms with E-state index >= 15 is 0 Å². The minimum atomic E-state index is -4.20. The van der Waals surface area contributed by atoms with Gasteiger partial charge in [0, 0.05) is 35.4 Å². The molecule has 2 atom stereocenters. The van der Waals surface area contributed by atoms with Crippen molar-refractivity contribution in [3.63, 3.8) is 0 Å². The molecule has 2 unspecified atom stereocenters. The number of nitrogens with one attached hydrogen (secondary N) is 1. The lowest BCUT2D eigenvalue weighted by Crippen LogP contribution is -2.37. The predicted octanol–water partition coefficient (Wildman–Crippen LogP) is 5.71. The van der Waals surface area contributed by atoms with Crippen LogP contribution in [0.2, 0.25) is 0 Å². The van der Waals surface area contributed by atoms with Gasteiger partial charge >= 0.3 is 0 Å². The molecule has 5 rings (SSSR count). The molecule has 0 aliphatic carbocycles. The Bertz CT molecular complexity index is 1690. The third kappa shape index (κ3) is 5.13. The van der Waals surface area contributed by atoms with Crippen LogP contribution in [0.15, 0.2) is 119 Å². The molecule has 11 heteroatoms. The zero-order chi connectivity index (χ0) is 27.6. The van der Waals surface area contributed by atoms with Gasteiger partial charge in [-0.05, 0) is 17.7 Å². The van der Waals surface area contributed by atoms with Crippen LogP contribution in [0.4, 0.5) is 11.4 Å². The van der Waals surface area contributed by atoms with Gasteiger partial charge in [0.1, 0.15) is 10.7 Å². The third-order valence-electron chi connectivity index (χ3n) is 6.22. The molecule has 10 nitrogen and oxygen atoms in total. The van der Waals surface area contributed by atoms with E-state index in [0.717, 1.165) is 0 Å². The van der Waals surface area contributed by atoms with E-state index in [2.05, 4.69) is 5.32 Å². The van der Waals surface area contributed by atoms with Crippen molar-refractivity contribution in [3.05, 3.63) is 151 Å². The summed E-state index contributed by atoms with van der Waals surface area (Å²) < 4.78 is 34.6. The molecule has 0 fully saturated rings. The molecule has 39 heavy (non-hydrogen) atoms. The van der Waals surface area contributed by atoms with Crippen LogP contribution in [0.5, 0.6) is 0 Å². The molecule has 1 N–H and O–H groups in total. The van der Waals surface area contributed by atoms with E-state index in [4.69, 9.17) is 4.74 Å². The molecule has 0 amide bonds. The molecular formula is C28H21N3O7S. The number of nitrogens with zero attached hydrogens (tertiary/aromatic N) is 2. The Balaban J connectivity index is 1.78. The topological polar surface area (TPSA) is 142 Å². The summed E-state index contributed by atoms with van der Waals surface area (Å²) in [6.07, 6.45) is -1.01. The average molecular weight is 544 g/mol. The highest BCUT2D eigenvalue weighted by molar-refractivity contribution is 7.95. The van der Waals surface area contributed by atoms with Crippen molar-refractivity contribution >= 4 is 27.0 Å². The van der Waals surface area contributed by atoms with Crippen molar-refractivity contribution in [2.24, 2.45) is 0 Å². The van der Waals surface area contributed by atoms with Gasteiger partial charge in [-0.2, -0.15) is 0 Å². The molecule has 1 heterocycles. The van der Waals surface area contributed by atoms with Crippen LogP contribution in [0.25, 0.3) is 5.76 Å². The first-order valence-corrected chi connectivity index (χ1v) is 13.2. The zero-order valence-corrected chi connectivity index (χ0v) is 21.0. The van der Waals surface area contributed by atoms with E-state index in [9.17, 15) is 28.6 Å². The van der Waals surface area contributed by atoms with E-state index in [1.165, 1.54) is 48.5 Å². The fourth-order valence-corrected chi connectivity index (χ4v) is 6.10. The van der Waals surface area contributed by atoms with Gasteiger partial charge in [0.05, 0.1) is 20.8 Å². The number of rotatable bonds is 7. The van der Waals surface area contributed by atoms with Gasteiger partial charge in [-0.3, -0.25) is 25.5 Å². The van der Waals surface area contributed by atoms with E-state index < -0.39 is 32.0 Å². The first kappa shape index (κ1) is 25.8. The van der Waals surface area contributed by atoms with Gasteiger partial charge in [-0.15, -0.1) is 0 Å². The fraction of sp³-hybridized carbons (Fsp3) is 0.0714. The molecular weight excluding hydrogens is 522 g/mol. The van der Waals surface area contributed by atoms with E-state index in [0.29, 0.717) is 16.7 Å². The van der Waals surface area contributed by atoms with Gasteiger partial charge in [0.25, 0.3) is 11.4 Å². The Morgan fingerprint density at radius 1 is 0.692 bits per heavy atom. The highest BCUT2D eigenvalue weighted by Crippen LogP contribution is 2.44. The summed E-state index contributed by atoms with van der Waals surface area (Å²) in [4.78, 5) is 21.8. The Kier molecular flexibility index (Phi) is 6.92. The van der Waals surface area contributed by atoms with Crippen LogP contribution in [-0.4, -0.2) is 18.3 Å². The first-order chi connectivity index (χ1) is 18.8. The van der Waals surface area contributed by atoms with Gasteiger partial charge in [-0.25, -0.2) is 8.42 Å². The number of benzene rings is 4. The highest BCUT2D eigenvalue weighted by Gasteiger charge is 2.40. The van der Waals surface area contributed by atoms with E-state index in [1.807, 2.05) is 0 Å². The Labute approximate surface area is 223 Å². The Hall–Kier alpha value is -4.87. The maximum absolute atomic E-state index is 14.2. The number of ether oxygens (including phenoxy) is 1. The molecule has 4 aromatic carbocycles. The molecule has 196 valence electrons. The minimum absolute atomic E-state index is 0.0167. The van der Waals surface area contributed by atoms with Gasteiger partial charge in [0.2, 0.25) is 9.84 Å². The smallest absolute Gasteiger partial charge is 0.269 e. The minimum Gasteiger partial charge on any atom is -0.469 e. The molecule has 0 saturated heterocycles. The first-order valence-electron chi connectivity index (χ1n) is 11.8. The Morgan fingerprint density at radius 3 is 1.82 bits per heavy atom. The van der Waals surface area contributed by atoms with Crippen LogP contribution in [-0.2, 0) is 14.6 Å². The average Bonchev–Trinajstić information content (AvgIpc) is 2.97. The summed E-state index contributed by atoms with van der Waals surface area (Å²) in [7, 11) is -4.20. The van der Waals surface area contributed by atoms with E-state index in [-0.39, 0.29) is 26.9 Å². The summed E-state index contributed by atoms with van der Waals surface area (Å²) >= 11 is 0. The molecule has 0 bridgehead atoms. The van der Waals surface area contributed by atoms with Crippen molar-refractivity contribution in [1.29, 1.82) is 0 Å². The number of nitro groups is 2. The molecule has 1 aliphatic rings. The lowest BCUT2D eigenvalue weighted by Gasteiger charge is -2.36. The second-order valence-electron chi connectivity index (χ2n) is 8.68. The van der Waals surface area contributed by atoms with Gasteiger partial charge in [0.15, 0.2) is 6.23 Å². The van der Waals surface area contributed by atoms with Crippen molar-refractivity contribution in [3.8, 4) is 0 Å². The summed E-state index contributed by atoms with van der Waals surface area (Å²) in [5, 5.41) is 26.2. The number of hydrogen-bond donors (Lipinski definition) is 1. The van der Waals surface area contributed by atoms with Crippen molar-refractivity contribution in [1.82, 2.24) is 5.32 Å². The lowest BCUT2D eigenvalue weighted by atomic mass is 10.00.